The number of halogens is 1. The molecule has 0 saturated heterocycles. The molecule has 4 rings (SSSR count). The zero-order chi connectivity index (χ0) is 19.7. The van der Waals surface area contributed by atoms with Gasteiger partial charge < -0.3 is 14.4 Å². The molecule has 0 radical (unpaired) electrons. The first kappa shape index (κ1) is 18.5. The number of benzene rings is 2. The minimum atomic E-state index is -0.415. The molecule has 2 aromatic carbocycles. The normalized spacial score (nSPS) is 15.8. The highest BCUT2D eigenvalue weighted by Gasteiger charge is 2.34. The van der Waals surface area contributed by atoms with Crippen LogP contribution in [0.1, 0.15) is 32.4 Å². The largest absolute Gasteiger partial charge is 0.493 e. The predicted octanol–water partition coefficient (Wildman–Crippen LogP) is 4.69. The average Bonchev–Trinajstić information content (AvgIpc) is 3.25. The van der Waals surface area contributed by atoms with Crippen LogP contribution in [0.3, 0.4) is 0 Å². The summed E-state index contributed by atoms with van der Waals surface area (Å²) < 4.78 is 24.6. The first-order chi connectivity index (χ1) is 13.6. The summed E-state index contributed by atoms with van der Waals surface area (Å²) in [5, 5.41) is 2.00. The Hall–Kier alpha value is -2.86. The van der Waals surface area contributed by atoms with E-state index in [4.69, 9.17) is 9.47 Å². The fraction of sp³-hybridized carbons (Fsp3) is 0.227. The van der Waals surface area contributed by atoms with Crippen LogP contribution in [-0.4, -0.2) is 31.6 Å². The summed E-state index contributed by atoms with van der Waals surface area (Å²) in [5.41, 5.74) is 2.49. The molecule has 1 aliphatic heterocycles. The van der Waals surface area contributed by atoms with Gasteiger partial charge in [0.2, 0.25) is 0 Å². The highest BCUT2D eigenvalue weighted by Crippen LogP contribution is 2.42. The van der Waals surface area contributed by atoms with E-state index in [9.17, 15) is 9.18 Å². The molecule has 0 saturated carbocycles. The molecule has 0 aliphatic carbocycles. The second-order valence-corrected chi connectivity index (χ2v) is 7.56. The molecule has 4 nitrogen and oxygen atoms in total. The van der Waals surface area contributed by atoms with Crippen molar-refractivity contribution in [3.05, 3.63) is 81.3 Å². The van der Waals surface area contributed by atoms with Gasteiger partial charge in [-0.3, -0.25) is 4.79 Å². The van der Waals surface area contributed by atoms with Crippen molar-refractivity contribution in [1.29, 1.82) is 0 Å². The summed E-state index contributed by atoms with van der Waals surface area (Å²) in [4.78, 5) is 16.1. The fourth-order valence-corrected chi connectivity index (χ4v) is 4.56. The van der Waals surface area contributed by atoms with Crippen molar-refractivity contribution in [2.45, 2.75) is 12.5 Å². The van der Waals surface area contributed by atoms with Crippen molar-refractivity contribution in [1.82, 2.24) is 4.90 Å². The molecule has 0 unspecified atom stereocenters. The van der Waals surface area contributed by atoms with Crippen LogP contribution in [0.15, 0.2) is 53.9 Å². The summed E-state index contributed by atoms with van der Waals surface area (Å²) >= 11 is 1.60. The second kappa shape index (κ2) is 7.64. The van der Waals surface area contributed by atoms with Gasteiger partial charge >= 0.3 is 0 Å². The number of fused-ring (bicyclic) bond motifs is 1. The van der Waals surface area contributed by atoms with Crippen LogP contribution in [0, 0.1) is 5.82 Å². The van der Waals surface area contributed by atoms with E-state index in [1.807, 2.05) is 34.5 Å². The van der Waals surface area contributed by atoms with Gasteiger partial charge in [0, 0.05) is 17.0 Å². The quantitative estimate of drug-likeness (QED) is 0.641. The summed E-state index contributed by atoms with van der Waals surface area (Å²) in [6.45, 7) is 0.542. The Kier molecular flexibility index (Phi) is 5.05. The number of nitrogens with zero attached hydrogens (tertiary/aromatic N) is 1. The van der Waals surface area contributed by atoms with Crippen LogP contribution in [0.25, 0.3) is 0 Å². The Labute approximate surface area is 167 Å². The average molecular weight is 397 g/mol. The van der Waals surface area contributed by atoms with Gasteiger partial charge in [0.25, 0.3) is 5.91 Å². The molecule has 3 aromatic rings. The van der Waals surface area contributed by atoms with Gasteiger partial charge in [-0.15, -0.1) is 11.3 Å². The Morgan fingerprint density at radius 2 is 1.89 bits per heavy atom. The zero-order valence-corrected chi connectivity index (χ0v) is 16.5. The maximum Gasteiger partial charge on any atom is 0.254 e. The molecule has 28 heavy (non-hydrogen) atoms. The summed E-state index contributed by atoms with van der Waals surface area (Å²) in [5.74, 6) is 0.708. The van der Waals surface area contributed by atoms with Gasteiger partial charge in [-0.05, 0) is 59.3 Å². The lowest BCUT2D eigenvalue weighted by atomic mass is 9.90. The monoisotopic (exact) mass is 397 g/mol. The van der Waals surface area contributed by atoms with E-state index in [0.29, 0.717) is 30.0 Å². The molecule has 144 valence electrons. The third kappa shape index (κ3) is 3.24. The standard InChI is InChI=1S/C22H20FNO3S/c1-26-18-12-14-8-9-24(22(25)15-5-3-6-16(23)11-15)21(20-7-4-10-28-20)17(14)13-19(18)27-2/h3-7,10-13,21H,8-9H2,1-2H3/t21-/m0/s1. The van der Waals surface area contributed by atoms with Crippen LogP contribution >= 0.6 is 11.3 Å². The maximum absolute atomic E-state index is 13.7. The molecule has 0 spiro atoms. The Bertz CT molecular complexity index is 1000. The number of carbonyl (C=O) groups is 1. The smallest absolute Gasteiger partial charge is 0.254 e. The van der Waals surface area contributed by atoms with Crippen molar-refractivity contribution in [2.24, 2.45) is 0 Å². The SMILES string of the molecule is COc1cc2c(cc1OC)[C@@H](c1cccs1)N(C(=O)c1cccc(F)c1)CC2. The minimum absolute atomic E-state index is 0.182. The van der Waals surface area contributed by atoms with Gasteiger partial charge in [0.05, 0.1) is 20.3 Å². The molecule has 1 aromatic heterocycles. The lowest BCUT2D eigenvalue weighted by Gasteiger charge is -2.37. The number of hydrogen-bond acceptors (Lipinski definition) is 4. The third-order valence-electron chi connectivity index (χ3n) is 5.02. The molecule has 0 fully saturated rings. The van der Waals surface area contributed by atoms with Crippen molar-refractivity contribution < 1.29 is 18.7 Å². The van der Waals surface area contributed by atoms with E-state index in [1.165, 1.54) is 12.1 Å². The van der Waals surface area contributed by atoms with Gasteiger partial charge in [-0.25, -0.2) is 4.39 Å². The van der Waals surface area contributed by atoms with Crippen LogP contribution in [0.4, 0.5) is 4.39 Å². The topological polar surface area (TPSA) is 38.8 Å². The lowest BCUT2D eigenvalue weighted by molar-refractivity contribution is 0.0696. The van der Waals surface area contributed by atoms with E-state index in [1.54, 1.807) is 37.7 Å². The molecular weight excluding hydrogens is 377 g/mol. The number of hydrogen-bond donors (Lipinski definition) is 0. The van der Waals surface area contributed by atoms with Crippen molar-refractivity contribution in [3.8, 4) is 11.5 Å². The van der Waals surface area contributed by atoms with Crippen molar-refractivity contribution in [3.63, 3.8) is 0 Å². The molecule has 1 aliphatic rings. The van der Waals surface area contributed by atoms with Gasteiger partial charge in [-0.2, -0.15) is 0 Å². The molecule has 6 heteroatoms. The van der Waals surface area contributed by atoms with Crippen molar-refractivity contribution in [2.75, 3.05) is 20.8 Å². The fourth-order valence-electron chi connectivity index (χ4n) is 3.71. The van der Waals surface area contributed by atoms with E-state index >= 15 is 0 Å². The number of rotatable bonds is 4. The second-order valence-electron chi connectivity index (χ2n) is 6.58. The van der Waals surface area contributed by atoms with Gasteiger partial charge in [-0.1, -0.05) is 12.1 Å². The summed E-state index contributed by atoms with van der Waals surface area (Å²) in [7, 11) is 3.21. The number of thiophene rings is 1. The summed E-state index contributed by atoms with van der Waals surface area (Å²) in [6, 6.07) is 13.5. The van der Waals surface area contributed by atoms with Crippen molar-refractivity contribution >= 4 is 17.2 Å². The third-order valence-corrected chi connectivity index (χ3v) is 5.94. The highest BCUT2D eigenvalue weighted by atomic mass is 32.1. The van der Waals surface area contributed by atoms with E-state index < -0.39 is 5.82 Å². The zero-order valence-electron chi connectivity index (χ0n) is 15.6. The minimum Gasteiger partial charge on any atom is -0.493 e. The molecule has 0 bridgehead atoms. The van der Waals surface area contributed by atoms with E-state index in [0.717, 1.165) is 16.0 Å². The molecule has 2 heterocycles. The number of methoxy groups -OCH3 is 2. The Morgan fingerprint density at radius 3 is 2.57 bits per heavy atom. The van der Waals surface area contributed by atoms with Crippen LogP contribution < -0.4 is 9.47 Å². The van der Waals surface area contributed by atoms with Crippen LogP contribution in [0.5, 0.6) is 11.5 Å². The molecule has 1 amide bonds. The van der Waals surface area contributed by atoms with Crippen LogP contribution in [-0.2, 0) is 6.42 Å². The van der Waals surface area contributed by atoms with Crippen LogP contribution in [0.2, 0.25) is 0 Å². The molecular formula is C22H20FNO3S. The number of amides is 1. The first-order valence-corrected chi connectivity index (χ1v) is 9.85. The predicted molar refractivity (Wildman–Crippen MR) is 107 cm³/mol. The maximum atomic E-state index is 13.7. The summed E-state index contributed by atoms with van der Waals surface area (Å²) in [6.07, 6.45) is 0.693. The molecule has 1 atom stereocenters. The van der Waals surface area contributed by atoms with E-state index in [-0.39, 0.29) is 11.9 Å². The number of carbonyl (C=O) groups excluding carboxylic acids is 1. The van der Waals surface area contributed by atoms with Gasteiger partial charge in [0.15, 0.2) is 11.5 Å². The Balaban J connectivity index is 1.82. The highest BCUT2D eigenvalue weighted by molar-refractivity contribution is 7.10. The number of ether oxygens (including phenoxy) is 2. The Morgan fingerprint density at radius 1 is 1.11 bits per heavy atom. The van der Waals surface area contributed by atoms with Gasteiger partial charge in [0.1, 0.15) is 5.82 Å². The first-order valence-electron chi connectivity index (χ1n) is 8.97. The molecule has 0 N–H and O–H groups in total. The lowest BCUT2D eigenvalue weighted by Crippen LogP contribution is -2.40. The van der Waals surface area contributed by atoms with E-state index in [2.05, 4.69) is 0 Å².